The highest BCUT2D eigenvalue weighted by Gasteiger charge is 2.54. The molecule has 0 radical (unpaired) electrons. The van der Waals surface area contributed by atoms with Crippen LogP contribution in [0.15, 0.2) is 28.7 Å². The summed E-state index contributed by atoms with van der Waals surface area (Å²) >= 11 is 3.31. The van der Waals surface area contributed by atoms with Crippen LogP contribution >= 0.6 is 15.9 Å². The Morgan fingerprint density at radius 2 is 1.92 bits per heavy atom. The molecule has 2 atom stereocenters. The van der Waals surface area contributed by atoms with Crippen molar-refractivity contribution in [3.63, 3.8) is 0 Å². The number of halogens is 3. The summed E-state index contributed by atoms with van der Waals surface area (Å²) in [5.74, 6) is -4.30. The van der Waals surface area contributed by atoms with E-state index < -0.39 is 29.8 Å². The molecule has 0 bridgehead atoms. The number of benzene rings is 1. The number of esters is 1. The highest BCUT2D eigenvalue weighted by Crippen LogP contribution is 2.48. The van der Waals surface area contributed by atoms with E-state index in [1.165, 1.54) is 0 Å². The third-order valence-corrected chi connectivity index (χ3v) is 6.03. The standard InChI is InChI=1S/C19H24BrF2NO3/c20-16-3-1-14(2-4-16)19(25,15-5-8-18(21,22)11-15)17(24)26-12-13-6-9-23-10-7-13/h1-4,13,15,23,25H,5-12H2. The molecule has 2 aliphatic rings. The summed E-state index contributed by atoms with van der Waals surface area (Å²) in [7, 11) is 0. The van der Waals surface area contributed by atoms with Crippen molar-refractivity contribution in [1.29, 1.82) is 0 Å². The lowest BCUT2D eigenvalue weighted by atomic mass is 9.80. The van der Waals surface area contributed by atoms with Crippen molar-refractivity contribution in [2.75, 3.05) is 19.7 Å². The molecule has 1 aromatic rings. The zero-order valence-electron chi connectivity index (χ0n) is 14.5. The van der Waals surface area contributed by atoms with Gasteiger partial charge in [0.2, 0.25) is 5.92 Å². The molecule has 2 unspecified atom stereocenters. The number of ether oxygens (including phenoxy) is 1. The average Bonchev–Trinajstić information content (AvgIpc) is 3.00. The minimum atomic E-state index is -2.86. The molecule has 4 nitrogen and oxygen atoms in total. The van der Waals surface area contributed by atoms with Crippen LogP contribution in [-0.4, -0.2) is 36.7 Å². The van der Waals surface area contributed by atoms with Gasteiger partial charge in [0.05, 0.1) is 6.61 Å². The number of rotatable bonds is 5. The molecule has 1 heterocycles. The Morgan fingerprint density at radius 1 is 1.27 bits per heavy atom. The minimum absolute atomic E-state index is 0.0853. The molecule has 1 saturated heterocycles. The molecule has 26 heavy (non-hydrogen) atoms. The Labute approximate surface area is 160 Å². The van der Waals surface area contributed by atoms with E-state index in [4.69, 9.17) is 4.74 Å². The summed E-state index contributed by atoms with van der Waals surface area (Å²) in [5, 5.41) is 14.5. The lowest BCUT2D eigenvalue weighted by molar-refractivity contribution is -0.176. The predicted molar refractivity (Wildman–Crippen MR) is 96.9 cm³/mol. The number of hydrogen-bond acceptors (Lipinski definition) is 4. The fourth-order valence-corrected chi connectivity index (χ4v) is 4.15. The van der Waals surface area contributed by atoms with Crippen molar-refractivity contribution in [2.24, 2.45) is 11.8 Å². The SMILES string of the molecule is O=C(OCC1CCNCC1)C(O)(c1ccc(Br)cc1)C1CCC(F)(F)C1. The van der Waals surface area contributed by atoms with E-state index in [2.05, 4.69) is 21.2 Å². The van der Waals surface area contributed by atoms with Gasteiger partial charge < -0.3 is 15.2 Å². The lowest BCUT2D eigenvalue weighted by Crippen LogP contribution is -2.44. The molecule has 0 amide bonds. The van der Waals surface area contributed by atoms with Gasteiger partial charge in [-0.2, -0.15) is 0 Å². The molecule has 1 aliphatic carbocycles. The van der Waals surface area contributed by atoms with Crippen molar-refractivity contribution >= 4 is 21.9 Å². The molecular weight excluding hydrogens is 408 g/mol. The number of piperidine rings is 1. The smallest absolute Gasteiger partial charge is 0.343 e. The molecule has 1 saturated carbocycles. The molecule has 0 aromatic heterocycles. The van der Waals surface area contributed by atoms with Crippen LogP contribution in [0.4, 0.5) is 8.78 Å². The maximum atomic E-state index is 13.8. The average molecular weight is 432 g/mol. The minimum Gasteiger partial charge on any atom is -0.463 e. The van der Waals surface area contributed by atoms with E-state index in [9.17, 15) is 18.7 Å². The van der Waals surface area contributed by atoms with Gasteiger partial charge in [-0.25, -0.2) is 13.6 Å². The summed E-state index contributed by atoms with van der Waals surface area (Å²) in [6.07, 6.45) is 1.04. The first-order chi connectivity index (χ1) is 12.3. The molecule has 2 fully saturated rings. The van der Waals surface area contributed by atoms with Gasteiger partial charge in [-0.3, -0.25) is 0 Å². The van der Waals surface area contributed by atoms with Crippen LogP contribution in [0.25, 0.3) is 0 Å². The van der Waals surface area contributed by atoms with E-state index in [0.29, 0.717) is 5.56 Å². The number of alkyl halides is 2. The Balaban J connectivity index is 1.80. The second-order valence-electron chi connectivity index (χ2n) is 7.36. The van der Waals surface area contributed by atoms with Gasteiger partial charge in [-0.15, -0.1) is 0 Å². The number of hydrogen-bond donors (Lipinski definition) is 2. The van der Waals surface area contributed by atoms with Crippen molar-refractivity contribution < 1.29 is 23.4 Å². The second kappa shape index (κ2) is 7.90. The maximum absolute atomic E-state index is 13.8. The van der Waals surface area contributed by atoms with E-state index in [1.54, 1.807) is 24.3 Å². The summed E-state index contributed by atoms with van der Waals surface area (Å²) in [6, 6.07) is 6.56. The molecular formula is C19H24BrF2NO3. The summed E-state index contributed by atoms with van der Waals surface area (Å²) in [4.78, 5) is 12.8. The van der Waals surface area contributed by atoms with E-state index in [-0.39, 0.29) is 25.4 Å². The number of aliphatic hydroxyl groups is 1. The van der Waals surface area contributed by atoms with Gasteiger partial charge in [0.25, 0.3) is 0 Å². The van der Waals surface area contributed by atoms with Gasteiger partial charge in [0.1, 0.15) is 0 Å². The zero-order valence-corrected chi connectivity index (χ0v) is 16.1. The molecule has 144 valence electrons. The first kappa shape index (κ1) is 19.7. The third-order valence-electron chi connectivity index (χ3n) is 5.50. The second-order valence-corrected chi connectivity index (χ2v) is 8.28. The van der Waals surface area contributed by atoms with Crippen molar-refractivity contribution in [3.05, 3.63) is 34.3 Å². The van der Waals surface area contributed by atoms with Crippen LogP contribution in [0.3, 0.4) is 0 Å². The maximum Gasteiger partial charge on any atom is 0.343 e. The molecule has 7 heteroatoms. The first-order valence-electron chi connectivity index (χ1n) is 9.05. The van der Waals surface area contributed by atoms with Gasteiger partial charge in [-0.1, -0.05) is 28.1 Å². The van der Waals surface area contributed by atoms with Gasteiger partial charge >= 0.3 is 5.97 Å². The fourth-order valence-electron chi connectivity index (χ4n) is 3.88. The normalized spacial score (nSPS) is 25.6. The van der Waals surface area contributed by atoms with Gasteiger partial charge in [0, 0.05) is 23.2 Å². The van der Waals surface area contributed by atoms with Crippen LogP contribution in [0.1, 0.15) is 37.7 Å². The molecule has 2 N–H and O–H groups in total. The van der Waals surface area contributed by atoms with Crippen LogP contribution in [0.2, 0.25) is 0 Å². The molecule has 0 spiro atoms. The monoisotopic (exact) mass is 431 g/mol. The van der Waals surface area contributed by atoms with Crippen molar-refractivity contribution in [3.8, 4) is 0 Å². The molecule has 3 rings (SSSR count). The van der Waals surface area contributed by atoms with Crippen molar-refractivity contribution in [2.45, 2.75) is 43.6 Å². The van der Waals surface area contributed by atoms with E-state index in [1.807, 2.05) is 0 Å². The highest BCUT2D eigenvalue weighted by molar-refractivity contribution is 9.10. The van der Waals surface area contributed by atoms with E-state index in [0.717, 1.165) is 30.4 Å². The molecule has 1 aliphatic heterocycles. The highest BCUT2D eigenvalue weighted by atomic mass is 79.9. The largest absolute Gasteiger partial charge is 0.463 e. The third kappa shape index (κ3) is 4.26. The number of carbonyl (C=O) groups is 1. The van der Waals surface area contributed by atoms with Gasteiger partial charge in [-0.05, 0) is 56.0 Å². The van der Waals surface area contributed by atoms with Crippen molar-refractivity contribution in [1.82, 2.24) is 5.32 Å². The summed E-state index contributed by atoms with van der Waals surface area (Å²) < 4.78 is 33.8. The predicted octanol–water partition coefficient (Wildman–Crippen LogP) is 3.61. The fraction of sp³-hybridized carbons (Fsp3) is 0.632. The Kier molecular flexibility index (Phi) is 5.99. The Morgan fingerprint density at radius 3 is 2.50 bits per heavy atom. The Hall–Kier alpha value is -1.05. The first-order valence-corrected chi connectivity index (χ1v) is 9.85. The van der Waals surface area contributed by atoms with Crippen LogP contribution in [0.5, 0.6) is 0 Å². The number of nitrogens with one attached hydrogen (secondary N) is 1. The van der Waals surface area contributed by atoms with Crippen LogP contribution in [-0.2, 0) is 15.1 Å². The lowest BCUT2D eigenvalue weighted by Gasteiger charge is -2.33. The van der Waals surface area contributed by atoms with E-state index >= 15 is 0 Å². The summed E-state index contributed by atoms with van der Waals surface area (Å²) in [6.45, 7) is 1.95. The van der Waals surface area contributed by atoms with Crippen LogP contribution < -0.4 is 5.32 Å². The molecule has 1 aromatic carbocycles. The summed E-state index contributed by atoms with van der Waals surface area (Å²) in [5.41, 5.74) is -1.74. The Bertz CT molecular complexity index is 634. The van der Waals surface area contributed by atoms with Crippen LogP contribution in [0, 0.1) is 11.8 Å². The van der Waals surface area contributed by atoms with Gasteiger partial charge in [0.15, 0.2) is 5.60 Å². The quantitative estimate of drug-likeness (QED) is 0.699. The zero-order chi connectivity index (χ0) is 18.8. The topological polar surface area (TPSA) is 58.6 Å². The number of carbonyl (C=O) groups excluding carboxylic acids is 1.